The van der Waals surface area contributed by atoms with Gasteiger partial charge in [0.2, 0.25) is 5.91 Å². The van der Waals surface area contributed by atoms with Crippen molar-refractivity contribution in [1.82, 2.24) is 10.9 Å². The van der Waals surface area contributed by atoms with Crippen molar-refractivity contribution in [2.24, 2.45) is 0 Å². The number of nitrogens with one attached hydrogen (secondary N) is 2. The summed E-state index contributed by atoms with van der Waals surface area (Å²) in [6.07, 6.45) is 0.0449. The molecule has 0 radical (unpaired) electrons. The van der Waals surface area contributed by atoms with E-state index < -0.39 is 11.8 Å². The molecule has 0 unspecified atom stereocenters. The van der Waals surface area contributed by atoms with Gasteiger partial charge in [-0.3, -0.25) is 20.4 Å². The summed E-state index contributed by atoms with van der Waals surface area (Å²) in [7, 11) is 0. The van der Waals surface area contributed by atoms with Crippen LogP contribution in [0.25, 0.3) is 0 Å². The molecular weight excluding hydrogens is 347 g/mol. The Morgan fingerprint density at radius 3 is 2.36 bits per heavy atom. The highest BCUT2D eigenvalue weighted by Crippen LogP contribution is 2.20. The van der Waals surface area contributed by atoms with Crippen molar-refractivity contribution in [1.29, 1.82) is 0 Å². The van der Waals surface area contributed by atoms with Gasteiger partial charge in [-0.1, -0.05) is 53.0 Å². The van der Waals surface area contributed by atoms with Crippen LogP contribution >= 0.6 is 34.8 Å². The molecule has 2 rings (SSSR count). The summed E-state index contributed by atoms with van der Waals surface area (Å²) in [4.78, 5) is 23.8. The van der Waals surface area contributed by atoms with Crippen molar-refractivity contribution >= 4 is 46.6 Å². The van der Waals surface area contributed by atoms with Crippen LogP contribution in [0, 0.1) is 0 Å². The lowest BCUT2D eigenvalue weighted by Crippen LogP contribution is -2.42. The molecule has 0 saturated heterocycles. The third-order valence-corrected chi connectivity index (χ3v) is 3.73. The van der Waals surface area contributed by atoms with Gasteiger partial charge < -0.3 is 0 Å². The number of halogens is 3. The molecule has 0 aliphatic carbocycles. The van der Waals surface area contributed by atoms with Crippen molar-refractivity contribution in [3.05, 3.63) is 68.7 Å². The average molecular weight is 358 g/mol. The molecule has 2 N–H and O–H groups in total. The second-order valence-electron chi connectivity index (χ2n) is 4.39. The Labute approximate surface area is 142 Å². The second kappa shape index (κ2) is 7.49. The van der Waals surface area contributed by atoms with Gasteiger partial charge in [0.25, 0.3) is 5.91 Å². The average Bonchev–Trinajstić information content (AvgIpc) is 2.49. The lowest BCUT2D eigenvalue weighted by Gasteiger charge is -2.09. The van der Waals surface area contributed by atoms with Gasteiger partial charge in [0.15, 0.2) is 0 Å². The number of hydrazine groups is 1. The predicted octanol–water partition coefficient (Wildman–Crippen LogP) is 3.65. The molecular formula is C15H11Cl3N2O2. The molecule has 7 heteroatoms. The zero-order valence-corrected chi connectivity index (χ0v) is 13.5. The molecule has 0 bridgehead atoms. The Kier molecular flexibility index (Phi) is 5.66. The molecule has 4 nitrogen and oxygen atoms in total. The second-order valence-corrected chi connectivity index (χ2v) is 5.65. The third kappa shape index (κ3) is 4.37. The fourth-order valence-corrected chi connectivity index (χ4v) is 2.30. The van der Waals surface area contributed by atoms with Gasteiger partial charge in [-0.05, 0) is 29.8 Å². The molecule has 2 aromatic rings. The van der Waals surface area contributed by atoms with E-state index in [0.29, 0.717) is 15.6 Å². The van der Waals surface area contributed by atoms with Gasteiger partial charge in [0, 0.05) is 10.0 Å². The van der Waals surface area contributed by atoms with Crippen LogP contribution in [0.5, 0.6) is 0 Å². The van der Waals surface area contributed by atoms with Crippen LogP contribution in [-0.2, 0) is 11.2 Å². The molecule has 0 aromatic heterocycles. The Morgan fingerprint density at radius 2 is 1.64 bits per heavy atom. The minimum Gasteiger partial charge on any atom is -0.273 e. The van der Waals surface area contributed by atoms with E-state index in [1.807, 2.05) is 0 Å². The number of amides is 2. The molecule has 114 valence electrons. The van der Waals surface area contributed by atoms with Crippen LogP contribution in [0.3, 0.4) is 0 Å². The number of benzene rings is 2. The minimum absolute atomic E-state index is 0.0449. The number of hydrogen-bond donors (Lipinski definition) is 2. The third-order valence-electron chi connectivity index (χ3n) is 2.80. The maximum atomic E-state index is 11.9. The maximum Gasteiger partial charge on any atom is 0.271 e. The van der Waals surface area contributed by atoms with Crippen molar-refractivity contribution in [3.63, 3.8) is 0 Å². The molecule has 2 aromatic carbocycles. The Balaban J connectivity index is 1.95. The highest BCUT2D eigenvalue weighted by Gasteiger charge is 2.12. The Hall–Kier alpha value is -1.75. The molecule has 2 amide bonds. The molecule has 0 aliphatic rings. The molecule has 0 spiro atoms. The van der Waals surface area contributed by atoms with Crippen molar-refractivity contribution in [2.45, 2.75) is 6.42 Å². The van der Waals surface area contributed by atoms with Crippen LogP contribution in [0.15, 0.2) is 42.5 Å². The van der Waals surface area contributed by atoms with Crippen LogP contribution in [0.2, 0.25) is 15.1 Å². The first-order valence-electron chi connectivity index (χ1n) is 6.25. The highest BCUT2D eigenvalue weighted by molar-refractivity contribution is 6.35. The number of rotatable bonds is 3. The quantitative estimate of drug-likeness (QED) is 0.824. The summed E-state index contributed by atoms with van der Waals surface area (Å²) < 4.78 is 0. The lowest BCUT2D eigenvalue weighted by atomic mass is 10.1. The fraction of sp³-hybridized carbons (Fsp3) is 0.0667. The largest absolute Gasteiger partial charge is 0.273 e. The smallest absolute Gasteiger partial charge is 0.271 e. The normalized spacial score (nSPS) is 10.1. The summed E-state index contributed by atoms with van der Waals surface area (Å²) in [6, 6.07) is 11.5. The molecule has 0 fully saturated rings. The highest BCUT2D eigenvalue weighted by atomic mass is 35.5. The minimum atomic E-state index is -0.556. The van der Waals surface area contributed by atoms with Crippen LogP contribution in [0.1, 0.15) is 15.9 Å². The van der Waals surface area contributed by atoms with Crippen LogP contribution < -0.4 is 10.9 Å². The number of carbonyl (C=O) groups excluding carboxylic acids is 2. The maximum absolute atomic E-state index is 11.9. The monoisotopic (exact) mass is 356 g/mol. The summed E-state index contributed by atoms with van der Waals surface area (Å²) in [6.45, 7) is 0. The van der Waals surface area contributed by atoms with E-state index >= 15 is 0 Å². The van der Waals surface area contributed by atoms with E-state index in [9.17, 15) is 9.59 Å². The van der Waals surface area contributed by atoms with E-state index in [2.05, 4.69) is 10.9 Å². The summed E-state index contributed by atoms with van der Waals surface area (Å²) in [5, 5.41) is 1.10. The topological polar surface area (TPSA) is 58.2 Å². The Bertz CT molecular complexity index is 720. The molecule has 0 atom stereocenters. The van der Waals surface area contributed by atoms with E-state index in [1.54, 1.807) is 30.3 Å². The summed E-state index contributed by atoms with van der Waals surface area (Å²) >= 11 is 17.7. The fourth-order valence-electron chi connectivity index (χ4n) is 1.72. The zero-order valence-electron chi connectivity index (χ0n) is 11.2. The van der Waals surface area contributed by atoms with E-state index in [4.69, 9.17) is 34.8 Å². The van der Waals surface area contributed by atoms with Gasteiger partial charge in [-0.15, -0.1) is 0 Å². The molecule has 22 heavy (non-hydrogen) atoms. The van der Waals surface area contributed by atoms with Crippen molar-refractivity contribution in [3.8, 4) is 0 Å². The van der Waals surface area contributed by atoms with E-state index in [0.717, 1.165) is 0 Å². The number of hydrogen-bond acceptors (Lipinski definition) is 2. The molecule has 0 heterocycles. The van der Waals surface area contributed by atoms with Gasteiger partial charge >= 0.3 is 0 Å². The van der Waals surface area contributed by atoms with Crippen LogP contribution in [0.4, 0.5) is 0 Å². The molecule has 0 aliphatic heterocycles. The predicted molar refractivity (Wildman–Crippen MR) is 87.2 cm³/mol. The van der Waals surface area contributed by atoms with Gasteiger partial charge in [-0.25, -0.2) is 0 Å². The van der Waals surface area contributed by atoms with Crippen molar-refractivity contribution in [2.75, 3.05) is 0 Å². The first-order chi connectivity index (χ1) is 10.5. The van der Waals surface area contributed by atoms with E-state index in [-0.39, 0.29) is 17.0 Å². The van der Waals surface area contributed by atoms with Gasteiger partial charge in [0.1, 0.15) is 0 Å². The van der Waals surface area contributed by atoms with E-state index in [1.165, 1.54) is 12.1 Å². The summed E-state index contributed by atoms with van der Waals surface area (Å²) in [5.74, 6) is -0.959. The van der Waals surface area contributed by atoms with Crippen LogP contribution in [-0.4, -0.2) is 11.8 Å². The molecule has 0 saturated carbocycles. The lowest BCUT2D eigenvalue weighted by molar-refractivity contribution is -0.121. The first kappa shape index (κ1) is 16.6. The SMILES string of the molecule is O=C(Cc1ccccc1Cl)NNC(=O)c1cc(Cl)ccc1Cl. The summed E-state index contributed by atoms with van der Waals surface area (Å²) in [5.41, 5.74) is 5.42. The van der Waals surface area contributed by atoms with Crippen molar-refractivity contribution < 1.29 is 9.59 Å². The number of carbonyl (C=O) groups is 2. The first-order valence-corrected chi connectivity index (χ1v) is 7.38. The van der Waals surface area contributed by atoms with Gasteiger partial charge in [0.05, 0.1) is 17.0 Å². The Morgan fingerprint density at radius 1 is 0.909 bits per heavy atom. The zero-order chi connectivity index (χ0) is 16.1. The standard InChI is InChI=1S/C15H11Cl3N2O2/c16-10-5-6-13(18)11(8-10)15(22)20-19-14(21)7-9-3-1-2-4-12(9)17/h1-6,8H,7H2,(H,19,21)(H,20,22). The van der Waals surface area contributed by atoms with Gasteiger partial charge in [-0.2, -0.15) is 0 Å².